The van der Waals surface area contributed by atoms with Crippen molar-refractivity contribution >= 4 is 5.91 Å². The molecular formula is C18H27NO2. The van der Waals surface area contributed by atoms with E-state index in [-0.39, 0.29) is 12.0 Å². The Morgan fingerprint density at radius 1 is 1.33 bits per heavy atom. The minimum Gasteiger partial charge on any atom is -0.480 e. The van der Waals surface area contributed by atoms with E-state index in [1.54, 1.807) is 0 Å². The smallest absolute Gasteiger partial charge is 0.263 e. The Labute approximate surface area is 128 Å². The number of amides is 1. The number of hydrogen-bond acceptors (Lipinski definition) is 2. The first-order valence-corrected chi connectivity index (χ1v) is 8.04. The molecule has 1 atom stereocenters. The number of benzene rings is 1. The van der Waals surface area contributed by atoms with Gasteiger partial charge in [0, 0.05) is 13.1 Å². The number of aryl methyl sites for hydroxylation is 1. The second-order valence-corrected chi connectivity index (χ2v) is 6.22. The van der Waals surface area contributed by atoms with Gasteiger partial charge in [0.05, 0.1) is 0 Å². The molecule has 1 amide bonds. The molecule has 116 valence electrons. The number of nitrogens with zero attached hydrogens (tertiary/aromatic N) is 1. The summed E-state index contributed by atoms with van der Waals surface area (Å²) in [4.78, 5) is 14.6. The molecule has 1 aliphatic heterocycles. The molecule has 1 heterocycles. The van der Waals surface area contributed by atoms with Crippen molar-refractivity contribution in [3.8, 4) is 5.75 Å². The van der Waals surface area contributed by atoms with E-state index in [9.17, 15) is 4.79 Å². The normalized spacial score (nSPS) is 17.6. The summed E-state index contributed by atoms with van der Waals surface area (Å²) in [5, 5.41) is 0. The molecule has 1 saturated heterocycles. The Balaban J connectivity index is 2.05. The molecular weight excluding hydrogens is 262 g/mol. The lowest BCUT2D eigenvalue weighted by atomic mass is 9.98. The minimum atomic E-state index is -0.362. The lowest BCUT2D eigenvalue weighted by Gasteiger charge is -2.33. The minimum absolute atomic E-state index is 0.144. The molecule has 1 aliphatic rings. The molecule has 1 aromatic carbocycles. The molecule has 2 rings (SSSR count). The van der Waals surface area contributed by atoms with Gasteiger partial charge in [0.2, 0.25) is 0 Å². The first-order chi connectivity index (χ1) is 10.0. The van der Waals surface area contributed by atoms with Gasteiger partial charge in [0.25, 0.3) is 5.91 Å². The topological polar surface area (TPSA) is 29.5 Å². The maximum Gasteiger partial charge on any atom is 0.263 e. The second-order valence-electron chi connectivity index (χ2n) is 6.22. The molecule has 21 heavy (non-hydrogen) atoms. The third kappa shape index (κ3) is 3.78. The number of likely N-dealkylation sites (tertiary alicyclic amines) is 1. The van der Waals surface area contributed by atoms with E-state index in [1.807, 2.05) is 30.9 Å². The summed E-state index contributed by atoms with van der Waals surface area (Å²) in [6.07, 6.45) is 2.55. The largest absolute Gasteiger partial charge is 0.480 e. The Kier molecular flexibility index (Phi) is 5.27. The molecule has 3 heteroatoms. The van der Waals surface area contributed by atoms with Gasteiger partial charge < -0.3 is 9.64 Å². The molecule has 0 spiro atoms. The van der Waals surface area contributed by atoms with Crippen molar-refractivity contribution in [2.24, 2.45) is 5.92 Å². The second kappa shape index (κ2) is 6.97. The van der Waals surface area contributed by atoms with Crippen molar-refractivity contribution in [1.82, 2.24) is 4.90 Å². The van der Waals surface area contributed by atoms with Crippen molar-refractivity contribution in [2.75, 3.05) is 13.1 Å². The van der Waals surface area contributed by atoms with Crippen LogP contribution in [-0.2, 0) is 4.79 Å². The molecule has 1 unspecified atom stereocenters. The molecule has 0 bridgehead atoms. The van der Waals surface area contributed by atoms with Crippen molar-refractivity contribution < 1.29 is 9.53 Å². The van der Waals surface area contributed by atoms with Crippen LogP contribution in [0.3, 0.4) is 0 Å². The molecule has 1 aromatic rings. The first-order valence-electron chi connectivity index (χ1n) is 8.04. The predicted octanol–water partition coefficient (Wildman–Crippen LogP) is 3.72. The third-order valence-corrected chi connectivity index (χ3v) is 4.57. The first kappa shape index (κ1) is 15.9. The lowest BCUT2D eigenvalue weighted by Crippen LogP contribution is -2.45. The fourth-order valence-electron chi connectivity index (χ4n) is 2.75. The Morgan fingerprint density at radius 2 is 2.00 bits per heavy atom. The Morgan fingerprint density at radius 3 is 2.62 bits per heavy atom. The quantitative estimate of drug-likeness (QED) is 0.845. The highest BCUT2D eigenvalue weighted by molar-refractivity contribution is 5.81. The number of rotatable bonds is 4. The van der Waals surface area contributed by atoms with Gasteiger partial charge in [-0.3, -0.25) is 4.79 Å². The van der Waals surface area contributed by atoms with E-state index in [1.165, 1.54) is 5.56 Å². The van der Waals surface area contributed by atoms with E-state index in [0.29, 0.717) is 6.42 Å². The number of hydrogen-bond donors (Lipinski definition) is 0. The summed E-state index contributed by atoms with van der Waals surface area (Å²) < 4.78 is 6.03. The molecule has 1 fully saturated rings. The monoisotopic (exact) mass is 289 g/mol. The van der Waals surface area contributed by atoms with Crippen molar-refractivity contribution in [1.29, 1.82) is 0 Å². The number of ether oxygens (including phenoxy) is 1. The van der Waals surface area contributed by atoms with Gasteiger partial charge in [-0.15, -0.1) is 0 Å². The molecule has 0 N–H and O–H groups in total. The summed E-state index contributed by atoms with van der Waals surface area (Å²) in [5.41, 5.74) is 2.32. The fourth-order valence-corrected chi connectivity index (χ4v) is 2.75. The van der Waals surface area contributed by atoms with Gasteiger partial charge in [-0.05, 0) is 56.2 Å². The van der Waals surface area contributed by atoms with Crippen LogP contribution >= 0.6 is 0 Å². The highest BCUT2D eigenvalue weighted by Gasteiger charge is 2.27. The van der Waals surface area contributed by atoms with Crippen LogP contribution in [0, 0.1) is 19.8 Å². The van der Waals surface area contributed by atoms with Crippen LogP contribution in [0.1, 0.15) is 44.2 Å². The highest BCUT2D eigenvalue weighted by Crippen LogP contribution is 2.24. The van der Waals surface area contributed by atoms with Crippen molar-refractivity contribution in [3.05, 3.63) is 29.3 Å². The van der Waals surface area contributed by atoms with E-state index < -0.39 is 0 Å². The summed E-state index contributed by atoms with van der Waals surface area (Å²) in [5.74, 6) is 1.71. The standard InChI is InChI=1S/C18H27NO2/c1-5-16(18(20)19-11-9-13(2)10-12-19)21-17-8-6-7-14(3)15(17)4/h6-8,13,16H,5,9-12H2,1-4H3. The van der Waals surface area contributed by atoms with Gasteiger partial charge in [-0.2, -0.15) is 0 Å². The summed E-state index contributed by atoms with van der Waals surface area (Å²) in [6, 6.07) is 6.00. The predicted molar refractivity (Wildman–Crippen MR) is 85.6 cm³/mol. The molecule has 0 radical (unpaired) electrons. The van der Waals surface area contributed by atoms with Crippen LogP contribution in [0.4, 0.5) is 0 Å². The zero-order valence-corrected chi connectivity index (χ0v) is 13.7. The Hall–Kier alpha value is -1.51. The van der Waals surface area contributed by atoms with Crippen LogP contribution in [0.5, 0.6) is 5.75 Å². The fraction of sp³-hybridized carbons (Fsp3) is 0.611. The van der Waals surface area contributed by atoms with Crippen molar-refractivity contribution in [3.63, 3.8) is 0 Å². The Bertz CT molecular complexity index is 490. The van der Waals surface area contributed by atoms with E-state index in [4.69, 9.17) is 4.74 Å². The van der Waals surface area contributed by atoms with Gasteiger partial charge >= 0.3 is 0 Å². The zero-order chi connectivity index (χ0) is 15.4. The van der Waals surface area contributed by atoms with Crippen LogP contribution in [0.15, 0.2) is 18.2 Å². The number of carbonyl (C=O) groups excluding carboxylic acids is 1. The van der Waals surface area contributed by atoms with Gasteiger partial charge in [0.15, 0.2) is 6.10 Å². The lowest BCUT2D eigenvalue weighted by molar-refractivity contribution is -0.140. The van der Waals surface area contributed by atoms with Crippen LogP contribution in [-0.4, -0.2) is 30.0 Å². The van der Waals surface area contributed by atoms with Gasteiger partial charge in [-0.25, -0.2) is 0 Å². The van der Waals surface area contributed by atoms with E-state index in [2.05, 4.69) is 19.9 Å². The molecule has 0 aromatic heterocycles. The van der Waals surface area contributed by atoms with E-state index in [0.717, 1.165) is 43.2 Å². The van der Waals surface area contributed by atoms with Gasteiger partial charge in [0.1, 0.15) is 5.75 Å². The summed E-state index contributed by atoms with van der Waals surface area (Å²) >= 11 is 0. The number of piperidine rings is 1. The van der Waals surface area contributed by atoms with Crippen LogP contribution < -0.4 is 4.74 Å². The van der Waals surface area contributed by atoms with Gasteiger partial charge in [-0.1, -0.05) is 26.0 Å². The number of carbonyl (C=O) groups is 1. The van der Waals surface area contributed by atoms with Crippen LogP contribution in [0.25, 0.3) is 0 Å². The maximum absolute atomic E-state index is 12.6. The SMILES string of the molecule is CCC(Oc1cccc(C)c1C)C(=O)N1CCC(C)CC1. The zero-order valence-electron chi connectivity index (χ0n) is 13.7. The summed E-state index contributed by atoms with van der Waals surface area (Å²) in [7, 11) is 0. The average Bonchev–Trinajstić information content (AvgIpc) is 2.49. The average molecular weight is 289 g/mol. The van der Waals surface area contributed by atoms with E-state index >= 15 is 0 Å². The maximum atomic E-state index is 12.6. The molecule has 0 saturated carbocycles. The highest BCUT2D eigenvalue weighted by atomic mass is 16.5. The molecule has 3 nitrogen and oxygen atoms in total. The third-order valence-electron chi connectivity index (χ3n) is 4.57. The molecule has 0 aliphatic carbocycles. The summed E-state index contributed by atoms with van der Waals surface area (Å²) in [6.45, 7) is 10.1. The van der Waals surface area contributed by atoms with Crippen molar-refractivity contribution in [2.45, 2.75) is 53.1 Å². The van der Waals surface area contributed by atoms with Crippen LogP contribution in [0.2, 0.25) is 0 Å².